The second kappa shape index (κ2) is 5.65. The molecule has 0 aliphatic rings. The molecule has 0 saturated heterocycles. The molecule has 0 heterocycles. The molecule has 0 aliphatic heterocycles. The summed E-state index contributed by atoms with van der Waals surface area (Å²) in [5.74, 6) is -1.44. The summed E-state index contributed by atoms with van der Waals surface area (Å²) >= 11 is 0. The molecule has 0 aromatic carbocycles. The molecule has 0 radical (unpaired) electrons. The minimum absolute atomic E-state index is 0. The first-order chi connectivity index (χ1) is 4.06. The van der Waals surface area contributed by atoms with Gasteiger partial charge in [-0.15, -0.1) is 0 Å². The molecular weight excluding hydrogens is 163 g/mol. The number of carboxylic acids is 1. The van der Waals surface area contributed by atoms with Gasteiger partial charge in [0.1, 0.15) is 0 Å². The normalized spacial score (nSPS) is 10.3. The van der Waals surface area contributed by atoms with Crippen LogP contribution < -0.4 is 56.5 Å². The van der Waals surface area contributed by atoms with Crippen molar-refractivity contribution in [2.24, 2.45) is 5.41 Å². The maximum atomic E-state index is 10.1. The number of rotatable bonds is 3. The van der Waals surface area contributed by atoms with Gasteiger partial charge in [0.15, 0.2) is 0 Å². The summed E-state index contributed by atoms with van der Waals surface area (Å²) in [6.07, 6.45) is 0. The van der Waals surface area contributed by atoms with Crippen molar-refractivity contribution in [3.05, 3.63) is 0 Å². The molecular formula is C5H9KO4. The molecule has 2 N–H and O–H groups in total. The van der Waals surface area contributed by atoms with Crippen molar-refractivity contribution in [3.63, 3.8) is 0 Å². The van der Waals surface area contributed by atoms with Crippen molar-refractivity contribution in [1.29, 1.82) is 0 Å². The van der Waals surface area contributed by atoms with Gasteiger partial charge < -0.3 is 20.1 Å². The summed E-state index contributed by atoms with van der Waals surface area (Å²) in [6.45, 7) is -0.000000000000000666. The van der Waals surface area contributed by atoms with Crippen molar-refractivity contribution >= 4 is 5.97 Å². The molecule has 0 spiro atoms. The summed E-state index contributed by atoms with van der Waals surface area (Å²) in [4.78, 5) is 10.1. The van der Waals surface area contributed by atoms with Crippen molar-refractivity contribution in [3.8, 4) is 0 Å². The SMILES string of the molecule is CC(CO)(CO)C(=O)[O-].[K+]. The van der Waals surface area contributed by atoms with Gasteiger partial charge in [-0.05, 0) is 6.92 Å². The average Bonchev–Trinajstić information content (AvgIpc) is 1.86. The van der Waals surface area contributed by atoms with E-state index in [0.29, 0.717) is 0 Å². The fourth-order valence-electron chi connectivity index (χ4n) is 0.179. The number of aliphatic hydroxyl groups is 2. The van der Waals surface area contributed by atoms with E-state index in [1.165, 1.54) is 6.92 Å². The quantitative estimate of drug-likeness (QED) is 0.417. The first kappa shape index (κ1) is 13.6. The Kier molecular flexibility index (Phi) is 7.68. The van der Waals surface area contributed by atoms with Gasteiger partial charge in [-0.3, -0.25) is 0 Å². The van der Waals surface area contributed by atoms with Gasteiger partial charge in [-0.1, -0.05) is 0 Å². The minimum Gasteiger partial charge on any atom is -0.549 e. The molecule has 0 atom stereocenters. The average molecular weight is 172 g/mol. The molecule has 0 fully saturated rings. The molecule has 0 aromatic heterocycles. The van der Waals surface area contributed by atoms with Crippen LogP contribution in [-0.2, 0) is 4.79 Å². The van der Waals surface area contributed by atoms with E-state index in [4.69, 9.17) is 10.2 Å². The Morgan fingerprint density at radius 3 is 1.80 bits per heavy atom. The third-order valence-electron chi connectivity index (χ3n) is 1.19. The Balaban J connectivity index is 0. The molecule has 4 nitrogen and oxygen atoms in total. The molecule has 0 saturated carbocycles. The molecule has 0 aliphatic carbocycles. The zero-order chi connectivity index (χ0) is 7.49. The molecule has 0 bridgehead atoms. The van der Waals surface area contributed by atoms with Crippen LogP contribution in [0.5, 0.6) is 0 Å². The summed E-state index contributed by atoms with van der Waals surface area (Å²) in [5.41, 5.74) is -1.50. The van der Waals surface area contributed by atoms with Crippen LogP contribution in [0.4, 0.5) is 0 Å². The number of aliphatic hydroxyl groups excluding tert-OH is 2. The van der Waals surface area contributed by atoms with Crippen molar-refractivity contribution in [2.75, 3.05) is 13.2 Å². The van der Waals surface area contributed by atoms with Crippen molar-refractivity contribution in [1.82, 2.24) is 0 Å². The first-order valence-electron chi connectivity index (χ1n) is 2.50. The van der Waals surface area contributed by atoms with E-state index >= 15 is 0 Å². The van der Waals surface area contributed by atoms with E-state index in [2.05, 4.69) is 0 Å². The number of hydrogen-bond acceptors (Lipinski definition) is 4. The van der Waals surface area contributed by atoms with Crippen LogP contribution in [0.25, 0.3) is 0 Å². The number of hydrogen-bond donors (Lipinski definition) is 2. The van der Waals surface area contributed by atoms with Crippen molar-refractivity contribution < 1.29 is 71.5 Å². The summed E-state index contributed by atoms with van der Waals surface area (Å²) in [5, 5.41) is 26.8. The summed E-state index contributed by atoms with van der Waals surface area (Å²) < 4.78 is 0. The van der Waals surface area contributed by atoms with Gasteiger partial charge in [0.2, 0.25) is 0 Å². The van der Waals surface area contributed by atoms with Crippen LogP contribution >= 0.6 is 0 Å². The summed E-state index contributed by atoms with van der Waals surface area (Å²) in [7, 11) is 0. The number of aliphatic carboxylic acids is 1. The van der Waals surface area contributed by atoms with Crippen LogP contribution in [0.15, 0.2) is 0 Å². The Morgan fingerprint density at radius 2 is 1.80 bits per heavy atom. The number of carboxylic acid groups (broad SMARTS) is 1. The van der Waals surface area contributed by atoms with Gasteiger partial charge in [0.05, 0.1) is 24.6 Å². The number of carbonyl (C=O) groups excluding carboxylic acids is 1. The zero-order valence-corrected chi connectivity index (χ0v) is 9.25. The number of carbonyl (C=O) groups is 1. The predicted octanol–water partition coefficient (Wildman–Crippen LogP) is -5.27. The predicted molar refractivity (Wildman–Crippen MR) is 27.3 cm³/mol. The smallest absolute Gasteiger partial charge is 0.549 e. The van der Waals surface area contributed by atoms with E-state index in [0.717, 1.165) is 0 Å². The summed E-state index contributed by atoms with van der Waals surface area (Å²) in [6, 6.07) is 0. The van der Waals surface area contributed by atoms with Crippen LogP contribution in [0.3, 0.4) is 0 Å². The third kappa shape index (κ3) is 3.43. The van der Waals surface area contributed by atoms with Crippen LogP contribution in [0.2, 0.25) is 0 Å². The Labute approximate surface area is 102 Å². The Bertz CT molecular complexity index is 110. The largest absolute Gasteiger partial charge is 1.00 e. The molecule has 10 heavy (non-hydrogen) atoms. The maximum Gasteiger partial charge on any atom is 1.00 e. The van der Waals surface area contributed by atoms with Gasteiger partial charge in [0, 0.05) is 0 Å². The third-order valence-corrected chi connectivity index (χ3v) is 1.19. The molecule has 0 rings (SSSR count). The fraction of sp³-hybridized carbons (Fsp3) is 0.800. The standard InChI is InChI=1S/C5H10O4.K/c1-5(2-6,3-7)4(8)9;/h6-7H,2-3H2,1H3,(H,8,9);/q;+1/p-1. The van der Waals surface area contributed by atoms with E-state index < -0.39 is 24.6 Å². The molecule has 0 amide bonds. The van der Waals surface area contributed by atoms with E-state index in [9.17, 15) is 9.90 Å². The topological polar surface area (TPSA) is 80.6 Å². The molecule has 0 aromatic rings. The van der Waals surface area contributed by atoms with Crippen molar-refractivity contribution in [2.45, 2.75) is 6.92 Å². The van der Waals surface area contributed by atoms with Gasteiger partial charge in [0.25, 0.3) is 0 Å². The zero-order valence-electron chi connectivity index (χ0n) is 6.13. The monoisotopic (exact) mass is 172 g/mol. The second-order valence-electron chi connectivity index (χ2n) is 2.16. The van der Waals surface area contributed by atoms with Crippen LogP contribution in [-0.4, -0.2) is 29.4 Å². The van der Waals surface area contributed by atoms with E-state index in [1.807, 2.05) is 0 Å². The Hall–Kier alpha value is 1.03. The Morgan fingerprint density at radius 1 is 1.50 bits per heavy atom. The van der Waals surface area contributed by atoms with Gasteiger partial charge in [-0.25, -0.2) is 0 Å². The van der Waals surface area contributed by atoms with Crippen LogP contribution in [0.1, 0.15) is 6.92 Å². The molecule has 54 valence electrons. The second-order valence-corrected chi connectivity index (χ2v) is 2.16. The van der Waals surface area contributed by atoms with E-state index in [1.54, 1.807) is 0 Å². The van der Waals surface area contributed by atoms with Gasteiger partial charge in [-0.2, -0.15) is 0 Å². The maximum absolute atomic E-state index is 10.1. The molecule has 0 unspecified atom stereocenters. The van der Waals surface area contributed by atoms with E-state index in [-0.39, 0.29) is 51.4 Å². The van der Waals surface area contributed by atoms with Crippen LogP contribution in [0, 0.1) is 5.41 Å². The van der Waals surface area contributed by atoms with Gasteiger partial charge >= 0.3 is 51.4 Å². The minimum atomic E-state index is -1.50. The first-order valence-corrected chi connectivity index (χ1v) is 2.50. The fourth-order valence-corrected chi connectivity index (χ4v) is 0.179. The molecule has 5 heteroatoms.